The number of rotatable bonds is 1. The molecular weight excluding hydrogens is 156 g/mol. The van der Waals surface area contributed by atoms with Gasteiger partial charge in [-0.2, -0.15) is 0 Å². The van der Waals surface area contributed by atoms with Gasteiger partial charge in [0.25, 0.3) is 0 Å². The summed E-state index contributed by atoms with van der Waals surface area (Å²) in [5, 5.41) is 0. The van der Waals surface area contributed by atoms with Crippen LogP contribution in [-0.4, -0.2) is 0 Å². The van der Waals surface area contributed by atoms with E-state index in [0.29, 0.717) is 0 Å². The summed E-state index contributed by atoms with van der Waals surface area (Å²) in [6, 6.07) is 0. The van der Waals surface area contributed by atoms with Gasteiger partial charge in [-0.1, -0.05) is 29.9 Å². The second kappa shape index (κ2) is 3.53. The molecule has 0 heterocycles. The Morgan fingerprint density at radius 3 is 3.08 bits per heavy atom. The van der Waals surface area contributed by atoms with Crippen molar-refractivity contribution in [1.82, 2.24) is 0 Å². The highest BCUT2D eigenvalue weighted by Crippen LogP contribution is 2.37. The Labute approximate surface area is 81.0 Å². The zero-order valence-electron chi connectivity index (χ0n) is 8.47. The first-order valence-electron chi connectivity index (χ1n) is 5.30. The van der Waals surface area contributed by atoms with Crippen molar-refractivity contribution in [1.29, 1.82) is 0 Å². The van der Waals surface area contributed by atoms with E-state index in [9.17, 15) is 0 Å². The molecule has 2 aliphatic carbocycles. The molecule has 0 spiro atoms. The summed E-state index contributed by atoms with van der Waals surface area (Å²) < 4.78 is 0. The predicted molar refractivity (Wildman–Crippen MR) is 57.6 cm³/mol. The van der Waals surface area contributed by atoms with E-state index in [1.54, 1.807) is 11.1 Å². The number of allylic oxidation sites excluding steroid dienone is 5. The molecule has 0 bridgehead atoms. The molecule has 0 fully saturated rings. The maximum absolute atomic E-state index is 4.07. The quantitative estimate of drug-likeness (QED) is 0.527. The normalized spacial score (nSPS) is 27.3. The van der Waals surface area contributed by atoms with E-state index in [2.05, 4.69) is 25.7 Å². The van der Waals surface area contributed by atoms with E-state index in [0.717, 1.165) is 5.92 Å². The molecule has 0 aromatic carbocycles. The van der Waals surface area contributed by atoms with E-state index in [4.69, 9.17) is 0 Å². The van der Waals surface area contributed by atoms with Crippen LogP contribution in [0.2, 0.25) is 0 Å². The van der Waals surface area contributed by atoms with Gasteiger partial charge in [-0.05, 0) is 50.5 Å². The zero-order chi connectivity index (χ0) is 9.26. The minimum atomic E-state index is 0.751. The maximum Gasteiger partial charge on any atom is -0.0165 e. The molecule has 70 valence electrons. The summed E-state index contributed by atoms with van der Waals surface area (Å²) in [5.41, 5.74) is 4.70. The second-order valence-electron chi connectivity index (χ2n) is 4.36. The molecule has 0 amide bonds. The average Bonchev–Trinajstić information content (AvgIpc) is 2.17. The molecule has 0 aromatic heterocycles. The topological polar surface area (TPSA) is 0 Å². The van der Waals surface area contributed by atoms with Gasteiger partial charge in [0.05, 0.1) is 0 Å². The van der Waals surface area contributed by atoms with Gasteiger partial charge in [-0.15, -0.1) is 0 Å². The van der Waals surface area contributed by atoms with Crippen molar-refractivity contribution < 1.29 is 0 Å². The van der Waals surface area contributed by atoms with Gasteiger partial charge in [-0.25, -0.2) is 0 Å². The minimum absolute atomic E-state index is 0.751. The Balaban J connectivity index is 2.14. The molecule has 0 aromatic rings. The Hall–Kier alpha value is -0.780. The van der Waals surface area contributed by atoms with E-state index in [1.165, 1.54) is 37.7 Å². The third kappa shape index (κ3) is 1.77. The summed E-state index contributed by atoms with van der Waals surface area (Å²) in [4.78, 5) is 0. The van der Waals surface area contributed by atoms with Crippen molar-refractivity contribution in [2.24, 2.45) is 5.92 Å². The monoisotopic (exact) mass is 174 g/mol. The summed E-state index contributed by atoms with van der Waals surface area (Å²) in [5.74, 6) is 0.751. The minimum Gasteiger partial charge on any atom is -0.0998 e. The van der Waals surface area contributed by atoms with Gasteiger partial charge in [0.2, 0.25) is 0 Å². The Bertz CT molecular complexity index is 278. The lowest BCUT2D eigenvalue weighted by Crippen LogP contribution is -2.11. The van der Waals surface area contributed by atoms with Crippen molar-refractivity contribution >= 4 is 0 Å². The Morgan fingerprint density at radius 2 is 2.31 bits per heavy atom. The van der Waals surface area contributed by atoms with E-state index in [-0.39, 0.29) is 0 Å². The second-order valence-corrected chi connectivity index (χ2v) is 4.36. The number of hydrogen-bond acceptors (Lipinski definition) is 0. The molecule has 1 unspecified atom stereocenters. The smallest absolute Gasteiger partial charge is 0.0165 e. The van der Waals surface area contributed by atoms with Crippen molar-refractivity contribution in [3.05, 3.63) is 35.5 Å². The third-order valence-electron chi connectivity index (χ3n) is 3.34. The summed E-state index contributed by atoms with van der Waals surface area (Å²) in [6.07, 6.45) is 11.1. The largest absolute Gasteiger partial charge is 0.0998 e. The molecule has 0 saturated heterocycles. The third-order valence-corrected chi connectivity index (χ3v) is 3.34. The molecule has 13 heavy (non-hydrogen) atoms. The molecule has 0 saturated carbocycles. The lowest BCUT2D eigenvalue weighted by atomic mass is 9.78. The summed E-state index contributed by atoms with van der Waals surface area (Å²) in [6.45, 7) is 6.24. The van der Waals surface area contributed by atoms with Crippen LogP contribution < -0.4 is 0 Å². The van der Waals surface area contributed by atoms with Crippen LogP contribution in [0.25, 0.3) is 0 Å². The molecule has 1 atom stereocenters. The molecule has 0 aliphatic heterocycles. The van der Waals surface area contributed by atoms with Crippen LogP contribution in [-0.2, 0) is 0 Å². The van der Waals surface area contributed by atoms with Gasteiger partial charge >= 0.3 is 0 Å². The Morgan fingerprint density at radius 1 is 1.46 bits per heavy atom. The fourth-order valence-corrected chi connectivity index (χ4v) is 2.40. The highest BCUT2D eigenvalue weighted by molar-refractivity contribution is 5.33. The highest BCUT2D eigenvalue weighted by Gasteiger charge is 2.20. The van der Waals surface area contributed by atoms with E-state index >= 15 is 0 Å². The molecule has 0 nitrogen and oxygen atoms in total. The van der Waals surface area contributed by atoms with Crippen LogP contribution in [0.3, 0.4) is 0 Å². The van der Waals surface area contributed by atoms with Crippen molar-refractivity contribution in [2.75, 3.05) is 0 Å². The van der Waals surface area contributed by atoms with Crippen molar-refractivity contribution in [3.63, 3.8) is 0 Å². The van der Waals surface area contributed by atoms with Gasteiger partial charge in [0.15, 0.2) is 0 Å². The van der Waals surface area contributed by atoms with Crippen LogP contribution in [0.5, 0.6) is 0 Å². The fourth-order valence-electron chi connectivity index (χ4n) is 2.40. The predicted octanol–water partition coefficient (Wildman–Crippen LogP) is 4.01. The van der Waals surface area contributed by atoms with Crippen molar-refractivity contribution in [3.8, 4) is 0 Å². The highest BCUT2D eigenvalue weighted by atomic mass is 14.3. The number of hydrogen-bond donors (Lipinski definition) is 0. The Kier molecular flexibility index (Phi) is 2.39. The molecular formula is C13H18. The molecule has 0 N–H and O–H groups in total. The van der Waals surface area contributed by atoms with Gasteiger partial charge in [0, 0.05) is 0 Å². The SMILES string of the molecule is C=C(C)C1CCC2=C(C=CCC2)C1. The van der Waals surface area contributed by atoms with Crippen LogP contribution >= 0.6 is 0 Å². The molecule has 2 aliphatic rings. The van der Waals surface area contributed by atoms with E-state index < -0.39 is 0 Å². The van der Waals surface area contributed by atoms with Gasteiger partial charge < -0.3 is 0 Å². The maximum atomic E-state index is 4.07. The molecule has 0 heteroatoms. The van der Waals surface area contributed by atoms with Crippen LogP contribution in [0.4, 0.5) is 0 Å². The first-order chi connectivity index (χ1) is 6.27. The lowest BCUT2D eigenvalue weighted by molar-refractivity contribution is 0.515. The zero-order valence-corrected chi connectivity index (χ0v) is 8.47. The lowest BCUT2D eigenvalue weighted by Gasteiger charge is -2.28. The first kappa shape index (κ1) is 8.80. The summed E-state index contributed by atoms with van der Waals surface area (Å²) >= 11 is 0. The fraction of sp³-hybridized carbons (Fsp3) is 0.538. The van der Waals surface area contributed by atoms with E-state index in [1.807, 2.05) is 0 Å². The first-order valence-corrected chi connectivity index (χ1v) is 5.30. The standard InChI is InChI=1S/C13H18/c1-10(2)12-8-7-11-5-3-4-6-13(11)9-12/h4,6,12H,1,3,5,7-9H2,2H3. The van der Waals surface area contributed by atoms with Crippen LogP contribution in [0.1, 0.15) is 39.0 Å². The van der Waals surface area contributed by atoms with Crippen molar-refractivity contribution in [2.45, 2.75) is 39.0 Å². The van der Waals surface area contributed by atoms with Crippen LogP contribution in [0, 0.1) is 5.92 Å². The van der Waals surface area contributed by atoms with Gasteiger partial charge in [0.1, 0.15) is 0 Å². The van der Waals surface area contributed by atoms with Gasteiger partial charge in [-0.3, -0.25) is 0 Å². The van der Waals surface area contributed by atoms with Crippen LogP contribution in [0.15, 0.2) is 35.5 Å². The molecule has 0 radical (unpaired) electrons. The molecule has 2 rings (SSSR count). The summed E-state index contributed by atoms with van der Waals surface area (Å²) in [7, 11) is 0. The average molecular weight is 174 g/mol.